The molecule has 0 unspecified atom stereocenters. The first-order chi connectivity index (χ1) is 13.6. The fourth-order valence-corrected chi connectivity index (χ4v) is 3.16. The number of carbonyl (C=O) groups excluding carboxylic acids is 1. The number of nitrogens with one attached hydrogen (secondary N) is 2. The van der Waals surface area contributed by atoms with Crippen LogP contribution in [0.5, 0.6) is 0 Å². The van der Waals surface area contributed by atoms with Crippen LogP contribution in [0.3, 0.4) is 0 Å². The predicted molar refractivity (Wildman–Crippen MR) is 105 cm³/mol. The first-order valence-corrected chi connectivity index (χ1v) is 8.79. The van der Waals surface area contributed by atoms with Gasteiger partial charge >= 0.3 is 0 Å². The summed E-state index contributed by atoms with van der Waals surface area (Å²) in [6, 6.07) is 7.03. The van der Waals surface area contributed by atoms with Crippen molar-refractivity contribution in [1.29, 1.82) is 0 Å². The molecule has 4 aromatic rings. The van der Waals surface area contributed by atoms with Gasteiger partial charge in [0.2, 0.25) is 0 Å². The number of rotatable bonds is 4. The Balaban J connectivity index is 1.70. The van der Waals surface area contributed by atoms with E-state index < -0.39 is 0 Å². The molecular formula is C19H15ClN6O2. The summed E-state index contributed by atoms with van der Waals surface area (Å²) in [5.41, 5.74) is 3.10. The molecule has 3 heterocycles. The fraction of sp³-hybridized carbons (Fsp3) is 0.105. The van der Waals surface area contributed by atoms with Crippen LogP contribution in [0.4, 0.5) is 0 Å². The lowest BCUT2D eigenvalue weighted by Gasteiger charge is -2.08. The van der Waals surface area contributed by atoms with Crippen LogP contribution in [0.2, 0.25) is 5.15 Å². The van der Waals surface area contributed by atoms with E-state index in [9.17, 15) is 9.59 Å². The van der Waals surface area contributed by atoms with E-state index in [1.54, 1.807) is 43.7 Å². The first-order valence-electron chi connectivity index (χ1n) is 8.41. The lowest BCUT2D eigenvalue weighted by atomic mass is 10.1. The maximum absolute atomic E-state index is 12.9. The molecule has 4 rings (SSSR count). The molecule has 0 radical (unpaired) electrons. The number of H-pyrrole nitrogens is 1. The van der Waals surface area contributed by atoms with E-state index in [0.717, 1.165) is 16.7 Å². The summed E-state index contributed by atoms with van der Waals surface area (Å²) >= 11 is 6.08. The van der Waals surface area contributed by atoms with Crippen LogP contribution in [-0.4, -0.2) is 37.7 Å². The van der Waals surface area contributed by atoms with E-state index in [4.69, 9.17) is 11.6 Å². The van der Waals surface area contributed by atoms with Crippen molar-refractivity contribution in [3.8, 4) is 11.1 Å². The minimum absolute atomic E-state index is 0.180. The fourth-order valence-electron chi connectivity index (χ4n) is 2.95. The van der Waals surface area contributed by atoms with E-state index >= 15 is 0 Å². The number of benzene rings is 1. The van der Waals surface area contributed by atoms with E-state index in [1.165, 1.54) is 17.1 Å². The summed E-state index contributed by atoms with van der Waals surface area (Å²) in [7, 11) is 1.55. The second-order valence-corrected chi connectivity index (χ2v) is 6.55. The molecule has 0 saturated heterocycles. The van der Waals surface area contributed by atoms with Gasteiger partial charge in [0.1, 0.15) is 5.15 Å². The summed E-state index contributed by atoms with van der Waals surface area (Å²) in [5, 5.41) is 10.0. The molecule has 1 amide bonds. The van der Waals surface area contributed by atoms with E-state index in [0.29, 0.717) is 21.6 Å². The van der Waals surface area contributed by atoms with Gasteiger partial charge in [-0.25, -0.2) is 4.98 Å². The third kappa shape index (κ3) is 3.25. The second-order valence-electron chi connectivity index (χ2n) is 6.17. The SMILES string of the molecule is CNC(=O)c1cncc(Cn2cnc3cc(-c4cn[nH]c4Cl)ccc3c2=O)c1. The lowest BCUT2D eigenvalue weighted by molar-refractivity contribution is 0.0962. The zero-order valence-electron chi connectivity index (χ0n) is 14.8. The van der Waals surface area contributed by atoms with Crippen molar-refractivity contribution in [2.45, 2.75) is 6.54 Å². The van der Waals surface area contributed by atoms with Crippen LogP contribution >= 0.6 is 11.6 Å². The molecule has 0 saturated carbocycles. The predicted octanol–water partition coefficient (Wildman–Crippen LogP) is 2.24. The van der Waals surface area contributed by atoms with Gasteiger partial charge in [-0.05, 0) is 29.3 Å². The Labute approximate surface area is 164 Å². The van der Waals surface area contributed by atoms with Crippen LogP contribution in [0.1, 0.15) is 15.9 Å². The van der Waals surface area contributed by atoms with Crippen molar-refractivity contribution in [3.63, 3.8) is 0 Å². The average Bonchev–Trinajstić information content (AvgIpc) is 3.15. The third-order valence-corrected chi connectivity index (χ3v) is 4.65. The Hall–Kier alpha value is -3.52. The minimum Gasteiger partial charge on any atom is -0.355 e. The summed E-state index contributed by atoms with van der Waals surface area (Å²) in [6.07, 6.45) is 6.20. The Bertz CT molecular complexity index is 1250. The van der Waals surface area contributed by atoms with Crippen LogP contribution in [0.15, 0.2) is 54.0 Å². The number of nitrogens with zero attached hydrogens (tertiary/aromatic N) is 4. The van der Waals surface area contributed by atoms with E-state index in [1.807, 2.05) is 0 Å². The Morgan fingerprint density at radius 1 is 1.25 bits per heavy atom. The summed E-state index contributed by atoms with van der Waals surface area (Å²) < 4.78 is 1.48. The molecule has 0 aliphatic carbocycles. The number of carbonyl (C=O) groups is 1. The number of pyridine rings is 1. The quantitative estimate of drug-likeness (QED) is 0.552. The van der Waals surface area contributed by atoms with Crippen molar-refractivity contribution >= 4 is 28.4 Å². The van der Waals surface area contributed by atoms with Gasteiger partial charge in [0.05, 0.1) is 35.5 Å². The number of aromatic amines is 1. The highest BCUT2D eigenvalue weighted by Crippen LogP contribution is 2.27. The highest BCUT2D eigenvalue weighted by atomic mass is 35.5. The molecule has 0 aliphatic rings. The molecule has 0 aliphatic heterocycles. The Kier molecular flexibility index (Phi) is 4.62. The van der Waals surface area contributed by atoms with Crippen molar-refractivity contribution in [2.75, 3.05) is 7.05 Å². The van der Waals surface area contributed by atoms with Crippen molar-refractivity contribution < 1.29 is 4.79 Å². The monoisotopic (exact) mass is 394 g/mol. The highest BCUT2D eigenvalue weighted by Gasteiger charge is 2.11. The lowest BCUT2D eigenvalue weighted by Crippen LogP contribution is -2.22. The summed E-state index contributed by atoms with van der Waals surface area (Å²) in [6.45, 7) is 0.259. The molecule has 0 bridgehead atoms. The molecule has 0 spiro atoms. The Morgan fingerprint density at radius 3 is 2.86 bits per heavy atom. The van der Waals surface area contributed by atoms with Gasteiger partial charge in [-0.1, -0.05) is 17.7 Å². The van der Waals surface area contributed by atoms with Crippen molar-refractivity contribution in [1.82, 2.24) is 30.0 Å². The molecular weight excluding hydrogens is 380 g/mol. The number of hydrogen-bond donors (Lipinski definition) is 2. The van der Waals surface area contributed by atoms with Crippen LogP contribution in [0, 0.1) is 0 Å². The number of amides is 1. The van der Waals surface area contributed by atoms with Crippen molar-refractivity contribution in [2.24, 2.45) is 0 Å². The smallest absolute Gasteiger partial charge is 0.261 e. The minimum atomic E-state index is -0.233. The maximum Gasteiger partial charge on any atom is 0.261 e. The van der Waals surface area contributed by atoms with Crippen LogP contribution in [0.25, 0.3) is 22.0 Å². The molecule has 9 heteroatoms. The number of fused-ring (bicyclic) bond motifs is 1. The summed E-state index contributed by atoms with van der Waals surface area (Å²) in [4.78, 5) is 33.1. The van der Waals surface area contributed by atoms with Gasteiger partial charge in [-0.15, -0.1) is 0 Å². The van der Waals surface area contributed by atoms with Gasteiger partial charge in [-0.3, -0.25) is 24.2 Å². The zero-order valence-corrected chi connectivity index (χ0v) is 15.6. The van der Waals surface area contributed by atoms with Gasteiger partial charge in [0, 0.05) is 25.0 Å². The topological polar surface area (TPSA) is 106 Å². The molecule has 2 N–H and O–H groups in total. The van der Waals surface area contributed by atoms with Gasteiger partial charge < -0.3 is 5.32 Å². The van der Waals surface area contributed by atoms with Crippen molar-refractivity contribution in [3.05, 3.63) is 75.8 Å². The number of halogens is 1. The normalized spacial score (nSPS) is 10.9. The largest absolute Gasteiger partial charge is 0.355 e. The number of hydrogen-bond acceptors (Lipinski definition) is 5. The van der Waals surface area contributed by atoms with Gasteiger partial charge in [-0.2, -0.15) is 5.10 Å². The average molecular weight is 395 g/mol. The van der Waals surface area contributed by atoms with Crippen LogP contribution < -0.4 is 10.9 Å². The van der Waals surface area contributed by atoms with E-state index in [-0.39, 0.29) is 18.0 Å². The van der Waals surface area contributed by atoms with Crippen LogP contribution in [-0.2, 0) is 6.54 Å². The van der Waals surface area contributed by atoms with Gasteiger partial charge in [0.15, 0.2) is 0 Å². The molecule has 8 nitrogen and oxygen atoms in total. The first kappa shape index (κ1) is 17.9. The zero-order chi connectivity index (χ0) is 19.7. The maximum atomic E-state index is 12.9. The Morgan fingerprint density at radius 2 is 2.11 bits per heavy atom. The van der Waals surface area contributed by atoms with E-state index in [2.05, 4.69) is 25.5 Å². The molecule has 28 heavy (non-hydrogen) atoms. The third-order valence-electron chi connectivity index (χ3n) is 4.37. The molecule has 3 aromatic heterocycles. The molecule has 140 valence electrons. The molecule has 1 aromatic carbocycles. The standard InChI is InChI=1S/C19H15ClN6O2/c1-21-18(27)13-4-11(6-22-7-13)9-26-10-23-16-5-12(2-3-14(16)19(26)28)15-8-24-25-17(15)20/h2-8,10H,9H2,1H3,(H,21,27)(H,24,25). The highest BCUT2D eigenvalue weighted by molar-refractivity contribution is 6.32. The molecule has 0 atom stereocenters. The molecule has 0 fully saturated rings. The summed E-state index contributed by atoms with van der Waals surface area (Å²) in [5.74, 6) is -0.233. The number of aromatic nitrogens is 5. The van der Waals surface area contributed by atoms with Gasteiger partial charge in [0.25, 0.3) is 11.5 Å². The second kappa shape index (κ2) is 7.24.